The molecule has 1 rings (SSSR count). The lowest BCUT2D eigenvalue weighted by Gasteiger charge is -2.38. The third kappa shape index (κ3) is 11.0. The number of hydrogen-bond donors (Lipinski definition) is 1. The number of aromatic nitrogens is 1. The number of aliphatic hydroxyl groups is 1. The third-order valence-electron chi connectivity index (χ3n) is 7.00. The molecule has 4 atom stereocenters. The predicted octanol–water partition coefficient (Wildman–Crippen LogP) is 6.72. The van der Waals surface area contributed by atoms with E-state index in [0.29, 0.717) is 12.3 Å². The molecule has 0 saturated heterocycles. The van der Waals surface area contributed by atoms with E-state index < -0.39 is 30.1 Å². The van der Waals surface area contributed by atoms with Gasteiger partial charge in [-0.2, -0.15) is 8.42 Å². The molecule has 1 heterocycles. The molecule has 0 amide bonds. The summed E-state index contributed by atoms with van der Waals surface area (Å²) in [6, 6.07) is 2.90. The third-order valence-corrected chi connectivity index (χ3v) is 13.0. The van der Waals surface area contributed by atoms with Gasteiger partial charge in [-0.05, 0) is 75.7 Å². The van der Waals surface area contributed by atoms with Crippen LogP contribution < -0.4 is 0 Å². The van der Waals surface area contributed by atoms with E-state index in [2.05, 4.69) is 39.3 Å². The molecule has 35 heavy (non-hydrogen) atoms. The number of nitrogens with zero attached hydrogens (tertiary/aromatic N) is 1. The Morgan fingerprint density at radius 2 is 1.91 bits per heavy atom. The summed E-state index contributed by atoms with van der Waals surface area (Å²) >= 11 is 1.59. The van der Waals surface area contributed by atoms with E-state index in [0.717, 1.165) is 53.5 Å². The minimum atomic E-state index is -3.79. The fraction of sp³-hybridized carbons (Fsp3) is 0.731. The van der Waals surface area contributed by atoms with Gasteiger partial charge in [0, 0.05) is 11.8 Å². The van der Waals surface area contributed by atoms with Gasteiger partial charge in [-0.1, -0.05) is 33.8 Å². The van der Waals surface area contributed by atoms with Crippen molar-refractivity contribution in [2.45, 2.75) is 110 Å². The van der Waals surface area contributed by atoms with Crippen molar-refractivity contribution in [2.24, 2.45) is 5.92 Å². The lowest BCUT2D eigenvalue weighted by atomic mass is 9.87. The molecule has 6 nitrogen and oxygen atoms in total. The Kier molecular flexibility index (Phi) is 13.0. The summed E-state index contributed by atoms with van der Waals surface area (Å²) in [5.74, 6) is 0.327. The van der Waals surface area contributed by atoms with Gasteiger partial charge >= 0.3 is 0 Å². The van der Waals surface area contributed by atoms with Crippen LogP contribution in [-0.2, 0) is 18.7 Å². The van der Waals surface area contributed by atoms with Crippen LogP contribution in [0.5, 0.6) is 0 Å². The Hall–Kier alpha value is -0.843. The van der Waals surface area contributed by atoms with Gasteiger partial charge in [0.1, 0.15) is 6.10 Å². The molecule has 0 saturated carbocycles. The highest BCUT2D eigenvalue weighted by atomic mass is 32.2. The Morgan fingerprint density at radius 1 is 1.31 bits per heavy atom. The van der Waals surface area contributed by atoms with Gasteiger partial charge in [-0.15, -0.1) is 17.9 Å². The number of rotatable bonds is 17. The van der Waals surface area contributed by atoms with Gasteiger partial charge in [0.05, 0.1) is 28.7 Å². The van der Waals surface area contributed by atoms with Crippen molar-refractivity contribution in [1.29, 1.82) is 0 Å². The first-order valence-electron chi connectivity index (χ1n) is 12.7. The van der Waals surface area contributed by atoms with Gasteiger partial charge in [0.15, 0.2) is 8.32 Å². The smallest absolute Gasteiger partial charge is 0.264 e. The second-order valence-electron chi connectivity index (χ2n) is 10.0. The number of thiazole rings is 1. The highest BCUT2D eigenvalue weighted by Crippen LogP contribution is 2.33. The van der Waals surface area contributed by atoms with Gasteiger partial charge in [0.25, 0.3) is 10.1 Å². The minimum absolute atomic E-state index is 0.247. The number of hydrogen-bond acceptors (Lipinski definition) is 7. The van der Waals surface area contributed by atoms with Gasteiger partial charge in [0.2, 0.25) is 0 Å². The molecule has 0 bridgehead atoms. The summed E-state index contributed by atoms with van der Waals surface area (Å²) in [5, 5.41) is 14.4. The molecule has 0 fully saturated rings. The first-order valence-corrected chi connectivity index (χ1v) is 17.9. The van der Waals surface area contributed by atoms with E-state index >= 15 is 0 Å². The Bertz CT molecular complexity index is 914. The van der Waals surface area contributed by atoms with Crippen molar-refractivity contribution < 1.29 is 22.1 Å². The maximum atomic E-state index is 12.2. The average Bonchev–Trinajstić information content (AvgIpc) is 3.19. The van der Waals surface area contributed by atoms with Crippen molar-refractivity contribution in [1.82, 2.24) is 4.98 Å². The number of allylic oxidation sites excluding steroid dienone is 1. The molecule has 202 valence electrons. The maximum absolute atomic E-state index is 12.2. The second-order valence-corrected chi connectivity index (χ2v) is 17.4. The Balaban J connectivity index is 3.35. The summed E-state index contributed by atoms with van der Waals surface area (Å²) in [6.45, 7) is 18.0. The van der Waals surface area contributed by atoms with Crippen LogP contribution in [0, 0.1) is 12.8 Å². The van der Waals surface area contributed by atoms with Crippen LogP contribution in [0.2, 0.25) is 18.1 Å². The lowest BCUT2D eigenvalue weighted by Crippen LogP contribution is -2.47. The van der Waals surface area contributed by atoms with Crippen molar-refractivity contribution in [2.75, 3.05) is 6.26 Å². The van der Waals surface area contributed by atoms with E-state index in [1.165, 1.54) is 0 Å². The van der Waals surface area contributed by atoms with Crippen LogP contribution in [0.3, 0.4) is 0 Å². The number of aryl methyl sites for hydroxylation is 1. The summed E-state index contributed by atoms with van der Waals surface area (Å²) in [7, 11) is -5.83. The monoisotopic (exact) mass is 545 g/mol. The lowest BCUT2D eigenvalue weighted by molar-refractivity contribution is -0.0657. The largest absolute Gasteiger partial charge is 0.410 e. The van der Waals surface area contributed by atoms with Crippen LogP contribution in [0.15, 0.2) is 23.6 Å². The highest BCUT2D eigenvalue weighted by Gasteiger charge is 2.40. The SMILES string of the molecule is C=C[C@@H](C)CCC[C@@](C)(O)[C@@H](C[C@H](O[Si](CC)(CC)CC)/C(C)=C/c1csc(C)n1)OS(C)(=O)=O. The predicted molar refractivity (Wildman–Crippen MR) is 151 cm³/mol. The molecule has 0 spiro atoms. The van der Waals surface area contributed by atoms with E-state index in [1.54, 1.807) is 18.3 Å². The van der Waals surface area contributed by atoms with Gasteiger partial charge in [-0.25, -0.2) is 4.98 Å². The van der Waals surface area contributed by atoms with Crippen LogP contribution in [0.1, 0.15) is 77.9 Å². The average molecular weight is 546 g/mol. The first-order chi connectivity index (χ1) is 16.2. The molecule has 0 unspecified atom stereocenters. The molecule has 0 aliphatic carbocycles. The van der Waals surface area contributed by atoms with Crippen LogP contribution in [0.25, 0.3) is 6.08 Å². The normalized spacial score (nSPS) is 17.6. The minimum Gasteiger partial charge on any atom is -0.410 e. The standard InChI is InChI=1S/C26H47NO5S2Si/c1-10-20(5)15-14-16-26(8,28)25(31-34(9,29)30)18-24(32-35(11-2,12-3)13-4)21(6)17-23-19-33-22(7)27-23/h10,17,19-20,24-25,28H,1,11-16,18H2,2-9H3/b21-17+/t20-,24+,25-,26-/m1/s1. The van der Waals surface area contributed by atoms with E-state index in [-0.39, 0.29) is 12.5 Å². The van der Waals surface area contributed by atoms with E-state index in [1.807, 2.05) is 31.4 Å². The van der Waals surface area contributed by atoms with Crippen molar-refractivity contribution in [3.05, 3.63) is 34.3 Å². The molecule has 0 aliphatic rings. The molecule has 1 aromatic heterocycles. The zero-order valence-corrected chi connectivity index (χ0v) is 25.6. The van der Waals surface area contributed by atoms with Crippen LogP contribution in [0.4, 0.5) is 0 Å². The van der Waals surface area contributed by atoms with Crippen LogP contribution in [-0.4, -0.2) is 50.9 Å². The van der Waals surface area contributed by atoms with Crippen LogP contribution >= 0.6 is 11.3 Å². The van der Waals surface area contributed by atoms with Crippen molar-refractivity contribution in [3.8, 4) is 0 Å². The fourth-order valence-corrected chi connectivity index (χ4v) is 8.43. The molecule has 1 N–H and O–H groups in total. The van der Waals surface area contributed by atoms with Crippen molar-refractivity contribution in [3.63, 3.8) is 0 Å². The zero-order chi connectivity index (χ0) is 26.9. The Morgan fingerprint density at radius 3 is 2.37 bits per heavy atom. The summed E-state index contributed by atoms with van der Waals surface area (Å²) in [4.78, 5) is 4.56. The molecular weight excluding hydrogens is 499 g/mol. The Labute approximate surface area is 219 Å². The molecule has 1 aromatic rings. The molecular formula is C26H47NO5S2Si. The molecule has 9 heteroatoms. The second kappa shape index (κ2) is 14.2. The quantitative estimate of drug-likeness (QED) is 0.133. The summed E-state index contributed by atoms with van der Waals surface area (Å²) in [5.41, 5.74) is 0.486. The van der Waals surface area contributed by atoms with E-state index in [4.69, 9.17) is 8.61 Å². The van der Waals surface area contributed by atoms with Gasteiger partial charge < -0.3 is 9.53 Å². The molecule has 0 aromatic carbocycles. The highest BCUT2D eigenvalue weighted by molar-refractivity contribution is 7.86. The molecule has 0 radical (unpaired) electrons. The van der Waals surface area contributed by atoms with Gasteiger partial charge in [-0.3, -0.25) is 4.18 Å². The summed E-state index contributed by atoms with van der Waals surface area (Å²) in [6.07, 6.45) is 5.89. The maximum Gasteiger partial charge on any atom is 0.264 e. The van der Waals surface area contributed by atoms with E-state index in [9.17, 15) is 13.5 Å². The zero-order valence-electron chi connectivity index (χ0n) is 23.0. The topological polar surface area (TPSA) is 85.7 Å². The van der Waals surface area contributed by atoms with Crippen molar-refractivity contribution >= 4 is 35.8 Å². The fourth-order valence-electron chi connectivity index (χ4n) is 4.26. The summed E-state index contributed by atoms with van der Waals surface area (Å²) < 4.78 is 36.8. The first kappa shape index (κ1) is 32.2. The molecule has 0 aliphatic heterocycles.